The molecule has 2 aromatic carbocycles. The van der Waals surface area contributed by atoms with E-state index in [1.54, 1.807) is 0 Å². The first-order chi connectivity index (χ1) is 11.9. The van der Waals surface area contributed by atoms with Crippen LogP contribution in [0.15, 0.2) is 38.5 Å². The molecule has 0 aromatic heterocycles. The molecule has 0 aliphatic heterocycles. The summed E-state index contributed by atoms with van der Waals surface area (Å²) < 4.78 is 51.6. The van der Waals surface area contributed by atoms with Crippen LogP contribution in [0.3, 0.4) is 0 Å². The fourth-order valence-corrected chi connectivity index (χ4v) is 5.82. The summed E-state index contributed by atoms with van der Waals surface area (Å²) in [5.74, 6) is -2.22. The molecule has 0 amide bonds. The SMILES string of the molecule is CNS(=O)(=O)c1cc(Cl)cc(CS(=O)(=O)c2cc(Br)cc(Cl)c2O)c1O. The largest absolute Gasteiger partial charge is 0.506 e. The third-order valence-electron chi connectivity index (χ3n) is 3.35. The van der Waals surface area contributed by atoms with Crippen LogP contribution in [0.25, 0.3) is 0 Å². The Balaban J connectivity index is 2.62. The molecule has 0 fully saturated rings. The van der Waals surface area contributed by atoms with Crippen LogP contribution in [0.4, 0.5) is 0 Å². The molecule has 2 rings (SSSR count). The van der Waals surface area contributed by atoms with Gasteiger partial charge in [-0.1, -0.05) is 39.1 Å². The smallest absolute Gasteiger partial charge is 0.244 e. The number of benzene rings is 2. The number of rotatable bonds is 5. The third-order valence-corrected chi connectivity index (χ3v) is 7.41. The molecule has 26 heavy (non-hydrogen) atoms. The summed E-state index contributed by atoms with van der Waals surface area (Å²) in [6.07, 6.45) is 0. The molecule has 0 aliphatic rings. The Bertz CT molecular complexity index is 1090. The average molecular weight is 505 g/mol. The van der Waals surface area contributed by atoms with Crippen molar-refractivity contribution in [2.45, 2.75) is 15.5 Å². The van der Waals surface area contributed by atoms with E-state index in [4.69, 9.17) is 23.2 Å². The zero-order valence-corrected chi connectivity index (χ0v) is 17.7. The van der Waals surface area contributed by atoms with Gasteiger partial charge in [-0.25, -0.2) is 21.6 Å². The number of hydrogen-bond donors (Lipinski definition) is 3. The maximum atomic E-state index is 12.7. The molecule has 0 saturated heterocycles. The zero-order valence-electron chi connectivity index (χ0n) is 13.0. The van der Waals surface area contributed by atoms with Gasteiger partial charge in [0.1, 0.15) is 15.5 Å². The van der Waals surface area contributed by atoms with Gasteiger partial charge in [-0.15, -0.1) is 0 Å². The Hall–Kier alpha value is -1.04. The number of phenolic OH excluding ortho intramolecular Hbond substituents is 2. The number of sulfonamides is 1. The van der Waals surface area contributed by atoms with Crippen molar-refractivity contribution in [2.75, 3.05) is 7.05 Å². The fourth-order valence-electron chi connectivity index (χ4n) is 2.12. The van der Waals surface area contributed by atoms with E-state index in [9.17, 15) is 27.0 Å². The maximum Gasteiger partial charge on any atom is 0.244 e. The monoisotopic (exact) mass is 503 g/mol. The van der Waals surface area contributed by atoms with Gasteiger partial charge in [-0.3, -0.25) is 0 Å². The van der Waals surface area contributed by atoms with Crippen molar-refractivity contribution >= 4 is 59.0 Å². The molecule has 142 valence electrons. The summed E-state index contributed by atoms with van der Waals surface area (Å²) in [5.41, 5.74) is -0.248. The van der Waals surface area contributed by atoms with Crippen molar-refractivity contribution in [3.05, 3.63) is 44.3 Å². The van der Waals surface area contributed by atoms with Gasteiger partial charge in [-0.2, -0.15) is 0 Å². The zero-order chi connectivity index (χ0) is 19.9. The second-order valence-corrected chi connectivity index (χ2v) is 10.7. The van der Waals surface area contributed by atoms with Crippen LogP contribution in [-0.2, 0) is 25.6 Å². The highest BCUT2D eigenvalue weighted by atomic mass is 79.9. The molecule has 7 nitrogen and oxygen atoms in total. The summed E-state index contributed by atoms with van der Waals surface area (Å²) in [6.45, 7) is 0. The van der Waals surface area contributed by atoms with Crippen molar-refractivity contribution in [1.82, 2.24) is 4.72 Å². The standard InChI is InChI=1S/C14H12BrCl2NO6S2/c1-18-26(23,24)12-5-9(16)2-7(13(12)19)6-25(21,22)11-4-8(15)3-10(17)14(11)20/h2-5,18-20H,6H2,1H3. The molecule has 0 bridgehead atoms. The first-order valence-electron chi connectivity index (χ1n) is 6.74. The van der Waals surface area contributed by atoms with Gasteiger partial charge < -0.3 is 10.2 Å². The highest BCUT2D eigenvalue weighted by Gasteiger charge is 2.27. The van der Waals surface area contributed by atoms with Gasteiger partial charge in [0.2, 0.25) is 10.0 Å². The summed E-state index contributed by atoms with van der Waals surface area (Å²) >= 11 is 14.7. The van der Waals surface area contributed by atoms with Gasteiger partial charge in [0.05, 0.1) is 10.8 Å². The highest BCUT2D eigenvalue weighted by molar-refractivity contribution is 9.10. The molecular weight excluding hydrogens is 493 g/mol. The van der Waals surface area contributed by atoms with Gasteiger partial charge in [0, 0.05) is 15.1 Å². The number of halogens is 3. The Morgan fingerprint density at radius 2 is 1.62 bits per heavy atom. The minimum atomic E-state index is -4.20. The van der Waals surface area contributed by atoms with Crippen molar-refractivity contribution in [3.63, 3.8) is 0 Å². The van der Waals surface area contributed by atoms with Gasteiger partial charge in [-0.05, 0) is 31.3 Å². The summed E-state index contributed by atoms with van der Waals surface area (Å²) in [5, 5.41) is 19.9. The average Bonchev–Trinajstić information content (AvgIpc) is 2.53. The van der Waals surface area contributed by atoms with Crippen molar-refractivity contribution in [1.29, 1.82) is 0 Å². The van der Waals surface area contributed by atoms with Crippen molar-refractivity contribution in [3.8, 4) is 11.5 Å². The molecule has 0 unspecified atom stereocenters. The molecule has 0 spiro atoms. The Morgan fingerprint density at radius 3 is 2.19 bits per heavy atom. The summed E-state index contributed by atoms with van der Waals surface area (Å²) in [7, 11) is -7.14. The van der Waals surface area contributed by atoms with E-state index in [0.717, 1.165) is 25.2 Å². The lowest BCUT2D eigenvalue weighted by Gasteiger charge is -2.13. The van der Waals surface area contributed by atoms with Crippen LogP contribution in [0, 0.1) is 0 Å². The first-order valence-corrected chi connectivity index (χ1v) is 11.4. The maximum absolute atomic E-state index is 12.7. The number of hydrogen-bond acceptors (Lipinski definition) is 6. The van der Waals surface area contributed by atoms with E-state index in [1.165, 1.54) is 6.07 Å². The van der Waals surface area contributed by atoms with Crippen molar-refractivity contribution in [2.24, 2.45) is 0 Å². The number of aromatic hydroxyl groups is 2. The second-order valence-electron chi connectivity index (χ2n) is 5.11. The van der Waals surface area contributed by atoms with E-state index >= 15 is 0 Å². The molecular formula is C14H12BrCl2NO6S2. The Kier molecular flexibility index (Phi) is 6.16. The van der Waals surface area contributed by atoms with E-state index in [2.05, 4.69) is 15.9 Å². The third kappa shape index (κ3) is 4.26. The molecule has 2 aromatic rings. The predicted octanol–water partition coefficient (Wildman–Crippen LogP) is 3.05. The lowest BCUT2D eigenvalue weighted by molar-refractivity contribution is 0.451. The van der Waals surface area contributed by atoms with Crippen LogP contribution in [0.5, 0.6) is 11.5 Å². The minimum absolute atomic E-state index is 0.0849. The van der Waals surface area contributed by atoms with E-state index in [0.29, 0.717) is 4.47 Å². The minimum Gasteiger partial charge on any atom is -0.506 e. The normalized spacial score (nSPS) is 12.3. The van der Waals surface area contributed by atoms with Crippen LogP contribution in [-0.4, -0.2) is 34.1 Å². The molecule has 12 heteroatoms. The molecule has 0 atom stereocenters. The van der Waals surface area contributed by atoms with Crippen LogP contribution < -0.4 is 4.72 Å². The predicted molar refractivity (Wildman–Crippen MR) is 101 cm³/mol. The van der Waals surface area contributed by atoms with Crippen LogP contribution >= 0.6 is 39.1 Å². The van der Waals surface area contributed by atoms with Gasteiger partial charge in [0.25, 0.3) is 0 Å². The Labute approximate surface area is 168 Å². The molecule has 3 N–H and O–H groups in total. The number of sulfone groups is 1. The topological polar surface area (TPSA) is 121 Å². The fraction of sp³-hybridized carbons (Fsp3) is 0.143. The molecule has 0 heterocycles. The number of phenols is 2. The van der Waals surface area contributed by atoms with Crippen molar-refractivity contribution < 1.29 is 27.0 Å². The van der Waals surface area contributed by atoms with Gasteiger partial charge >= 0.3 is 0 Å². The molecule has 0 saturated carbocycles. The lowest BCUT2D eigenvalue weighted by Crippen LogP contribution is -2.19. The second kappa shape index (κ2) is 7.53. The lowest BCUT2D eigenvalue weighted by atomic mass is 10.2. The summed E-state index contributed by atoms with van der Waals surface area (Å²) in [4.78, 5) is -1.04. The number of nitrogens with one attached hydrogen (secondary N) is 1. The highest BCUT2D eigenvalue weighted by Crippen LogP contribution is 2.38. The van der Waals surface area contributed by atoms with Gasteiger partial charge in [0.15, 0.2) is 15.6 Å². The summed E-state index contributed by atoms with van der Waals surface area (Å²) in [6, 6.07) is 4.57. The quantitative estimate of drug-likeness (QED) is 0.575. The van der Waals surface area contributed by atoms with E-state index < -0.39 is 46.9 Å². The van der Waals surface area contributed by atoms with E-state index in [1.807, 2.05) is 4.72 Å². The van der Waals surface area contributed by atoms with Crippen LogP contribution in [0.1, 0.15) is 5.56 Å². The first kappa shape index (κ1) is 21.3. The molecule has 0 aliphatic carbocycles. The van der Waals surface area contributed by atoms with E-state index in [-0.39, 0.29) is 15.6 Å². The van der Waals surface area contributed by atoms with Crippen LogP contribution in [0.2, 0.25) is 10.0 Å². The molecule has 0 radical (unpaired) electrons. The Morgan fingerprint density at radius 1 is 1.00 bits per heavy atom.